The first-order valence-electron chi connectivity index (χ1n) is 11.6. The Morgan fingerprint density at radius 3 is 1.50 bits per heavy atom. The van der Waals surface area contributed by atoms with E-state index < -0.39 is 9.85 Å². The molecule has 0 unspecified atom stereocenters. The van der Waals surface area contributed by atoms with Gasteiger partial charge in [0.15, 0.2) is 0 Å². The van der Waals surface area contributed by atoms with Crippen molar-refractivity contribution in [2.24, 2.45) is 8.73 Å². The summed E-state index contributed by atoms with van der Waals surface area (Å²) < 4.78 is 18.6. The number of non-ortho nitro benzene ring substituents is 2. The summed E-state index contributed by atoms with van der Waals surface area (Å²) in [5, 5.41) is 22.5. The van der Waals surface area contributed by atoms with Gasteiger partial charge in [-0.05, 0) is 35.4 Å². The van der Waals surface area contributed by atoms with Gasteiger partial charge in [-0.25, -0.2) is 0 Å². The van der Waals surface area contributed by atoms with Crippen LogP contribution in [0.2, 0.25) is 0 Å². The number of hydrogen-bond donors (Lipinski definition) is 0. The van der Waals surface area contributed by atoms with E-state index in [0.29, 0.717) is 22.4 Å². The molecule has 194 valence electrons. The number of nitro benzene ring substituents is 2. The molecule has 7 rings (SSSR count). The number of nitrogens with zero attached hydrogens (tertiary/aromatic N) is 6. The smallest absolute Gasteiger partial charge is 0.258 e. The van der Waals surface area contributed by atoms with Gasteiger partial charge in [0, 0.05) is 54.9 Å². The van der Waals surface area contributed by atoms with Gasteiger partial charge >= 0.3 is 0 Å². The first kappa shape index (κ1) is 24.5. The first-order chi connectivity index (χ1) is 19.5. The van der Waals surface area contributed by atoms with Crippen molar-refractivity contribution in [2.45, 2.75) is 0 Å². The Kier molecular flexibility index (Phi) is 5.89. The maximum atomic E-state index is 11.3. The third kappa shape index (κ3) is 4.05. The lowest BCUT2D eigenvalue weighted by Gasteiger charge is -2.09. The number of rotatable bonds is 6. The molecule has 14 heteroatoms. The highest BCUT2D eigenvalue weighted by molar-refractivity contribution is 7.58. The number of thiophene rings is 2. The van der Waals surface area contributed by atoms with Crippen molar-refractivity contribution in [1.82, 2.24) is 8.75 Å². The molecule has 4 heterocycles. The second kappa shape index (κ2) is 9.60. The molecule has 0 radical (unpaired) electrons. The van der Waals surface area contributed by atoms with Crippen molar-refractivity contribution in [3.8, 4) is 41.8 Å². The van der Waals surface area contributed by atoms with Gasteiger partial charge in [0.05, 0.1) is 32.9 Å². The van der Waals surface area contributed by atoms with Gasteiger partial charge in [0.1, 0.15) is 22.4 Å². The predicted molar refractivity (Wildman–Crippen MR) is 160 cm³/mol. The Hall–Kier alpha value is -4.50. The first-order valence-corrected chi connectivity index (χ1v) is 14.7. The number of nitro groups is 2. The van der Waals surface area contributed by atoms with E-state index in [-0.39, 0.29) is 11.4 Å². The van der Waals surface area contributed by atoms with Crippen LogP contribution in [0.4, 0.5) is 22.7 Å². The van der Waals surface area contributed by atoms with Crippen molar-refractivity contribution >= 4 is 79.5 Å². The average Bonchev–Trinajstić information content (AvgIpc) is 3.78. The van der Waals surface area contributed by atoms with Crippen LogP contribution in [0.25, 0.3) is 52.8 Å². The van der Waals surface area contributed by atoms with E-state index in [4.69, 9.17) is 0 Å². The lowest BCUT2D eigenvalue weighted by atomic mass is 10.0. The van der Waals surface area contributed by atoms with E-state index in [1.54, 1.807) is 24.3 Å². The third-order valence-corrected chi connectivity index (χ3v) is 9.67. The average molecular weight is 601 g/mol. The zero-order chi connectivity index (χ0) is 27.4. The van der Waals surface area contributed by atoms with Gasteiger partial charge < -0.3 is 0 Å². The summed E-state index contributed by atoms with van der Waals surface area (Å²) in [6.45, 7) is 0. The number of hydrogen-bond acceptors (Lipinski definition) is 11. The molecule has 10 nitrogen and oxygen atoms in total. The molecular weight excluding hydrogens is 589 g/mol. The Bertz CT molecular complexity index is 1950. The number of benzene rings is 3. The monoisotopic (exact) mass is 600 g/mol. The van der Waals surface area contributed by atoms with Crippen LogP contribution in [0, 0.1) is 20.2 Å². The molecule has 0 atom stereocenters. The molecule has 40 heavy (non-hydrogen) atoms. The lowest BCUT2D eigenvalue weighted by Crippen LogP contribution is -1.87. The largest absolute Gasteiger partial charge is 0.270 e. The molecule has 0 amide bonds. The molecule has 0 spiro atoms. The van der Waals surface area contributed by atoms with Crippen LogP contribution in [0.1, 0.15) is 0 Å². The quantitative estimate of drug-likeness (QED) is 0.138. The van der Waals surface area contributed by atoms with Gasteiger partial charge in [-0.2, -0.15) is 17.5 Å². The summed E-state index contributed by atoms with van der Waals surface area (Å²) in [6, 6.07) is 20.9. The SMILES string of the molecule is O=[N+]([O-])c1cccc(-c2ccc(-c3c4c(c(-c5ccc(-c6cccc([N+](=O)[O-])c6)s5)c5nsnc35)N=S=N4)s2)c1. The second-order valence-electron chi connectivity index (χ2n) is 8.62. The summed E-state index contributed by atoms with van der Waals surface area (Å²) in [4.78, 5) is 25.3. The van der Waals surface area contributed by atoms with E-state index in [1.807, 2.05) is 36.4 Å². The molecule has 0 fully saturated rings. The molecule has 1 aliphatic rings. The lowest BCUT2D eigenvalue weighted by molar-refractivity contribution is -0.385. The number of fused-ring (bicyclic) bond motifs is 2. The fraction of sp³-hybridized carbons (Fsp3) is 0. The maximum absolute atomic E-state index is 11.3. The molecular formula is C26H12N6O4S4. The zero-order valence-corrected chi connectivity index (χ0v) is 23.1. The van der Waals surface area contributed by atoms with Gasteiger partial charge in [-0.1, -0.05) is 24.3 Å². The molecule has 0 saturated heterocycles. The summed E-state index contributed by atoms with van der Waals surface area (Å²) in [7, 11) is 0. The maximum Gasteiger partial charge on any atom is 0.270 e. The predicted octanol–water partition coefficient (Wildman–Crippen LogP) is 9.03. The van der Waals surface area contributed by atoms with Crippen LogP contribution in [-0.4, -0.2) is 18.6 Å². The third-order valence-electron chi connectivity index (χ3n) is 6.31. The van der Waals surface area contributed by atoms with E-state index in [2.05, 4.69) is 17.5 Å². The van der Waals surface area contributed by atoms with Crippen LogP contribution < -0.4 is 0 Å². The minimum Gasteiger partial charge on any atom is -0.258 e. The van der Waals surface area contributed by atoms with Crippen molar-refractivity contribution in [3.05, 3.63) is 93.0 Å². The summed E-state index contributed by atoms with van der Waals surface area (Å²) in [5.74, 6) is 0. The Morgan fingerprint density at radius 1 is 0.600 bits per heavy atom. The minimum atomic E-state index is -0.402. The molecule has 1 aliphatic heterocycles. The van der Waals surface area contributed by atoms with Gasteiger partial charge in [0.25, 0.3) is 11.4 Å². The Labute approximate surface area is 240 Å². The highest BCUT2D eigenvalue weighted by Gasteiger charge is 2.28. The molecule has 6 aromatic rings. The van der Waals surface area contributed by atoms with Crippen LogP contribution >= 0.6 is 34.4 Å². The second-order valence-corrected chi connectivity index (χ2v) is 11.8. The minimum absolute atomic E-state index is 0.0365. The van der Waals surface area contributed by atoms with Crippen molar-refractivity contribution in [1.29, 1.82) is 0 Å². The molecule has 3 aromatic heterocycles. The van der Waals surface area contributed by atoms with E-state index in [1.165, 1.54) is 34.8 Å². The van der Waals surface area contributed by atoms with Crippen molar-refractivity contribution in [2.75, 3.05) is 0 Å². The Morgan fingerprint density at radius 2 is 1.05 bits per heavy atom. The van der Waals surface area contributed by atoms with E-state index >= 15 is 0 Å². The standard InChI is InChI=1S/C26H12N6O4S4/c33-31(34)15-5-1-3-13(11-15)17-7-9-19(37-17)21-23-25(29-39-27-23)22(26-24(21)28-40-30-26)20-10-8-18(38-20)14-4-2-6-16(12-14)32(35)36/h1-12H. The zero-order valence-electron chi connectivity index (χ0n) is 19.9. The molecule has 3 aromatic carbocycles. The molecule has 0 N–H and O–H groups in total. The van der Waals surface area contributed by atoms with Crippen LogP contribution in [0.5, 0.6) is 0 Å². The van der Waals surface area contributed by atoms with E-state index in [0.717, 1.165) is 64.8 Å². The normalized spacial score (nSPS) is 12.0. The fourth-order valence-corrected chi connectivity index (χ4v) is 7.74. The summed E-state index contributed by atoms with van der Waals surface area (Å²) in [6.07, 6.45) is 0. The van der Waals surface area contributed by atoms with Gasteiger partial charge in [-0.15, -0.1) is 22.7 Å². The van der Waals surface area contributed by atoms with E-state index in [9.17, 15) is 20.2 Å². The van der Waals surface area contributed by atoms with Crippen LogP contribution in [-0.2, 0) is 11.4 Å². The summed E-state index contributed by atoms with van der Waals surface area (Å²) in [5.41, 5.74) is 6.07. The highest BCUT2D eigenvalue weighted by Crippen LogP contribution is 2.54. The fourth-order valence-electron chi connectivity index (χ4n) is 4.52. The van der Waals surface area contributed by atoms with Crippen molar-refractivity contribution < 1.29 is 9.85 Å². The highest BCUT2D eigenvalue weighted by atomic mass is 32.1. The van der Waals surface area contributed by atoms with Crippen LogP contribution in [0.15, 0.2) is 81.5 Å². The Balaban J connectivity index is 1.35. The molecule has 0 bridgehead atoms. The molecule has 0 aliphatic carbocycles. The summed E-state index contributed by atoms with van der Waals surface area (Å²) >= 11 is 5.22. The van der Waals surface area contributed by atoms with Gasteiger partial charge in [0.2, 0.25) is 0 Å². The van der Waals surface area contributed by atoms with Crippen LogP contribution in [0.3, 0.4) is 0 Å². The number of aromatic nitrogens is 2. The molecule has 0 saturated carbocycles. The topological polar surface area (TPSA) is 137 Å². The van der Waals surface area contributed by atoms with Gasteiger partial charge in [-0.3, -0.25) is 20.2 Å². The van der Waals surface area contributed by atoms with Crippen molar-refractivity contribution in [3.63, 3.8) is 0 Å².